The minimum atomic E-state index is 0.702. The van der Waals surface area contributed by atoms with Gasteiger partial charge in [-0.3, -0.25) is 0 Å². The first-order chi connectivity index (χ1) is 9.78. The Morgan fingerprint density at radius 2 is 1.95 bits per heavy atom. The summed E-state index contributed by atoms with van der Waals surface area (Å²) in [5.41, 5.74) is 3.62. The van der Waals surface area contributed by atoms with Crippen molar-refractivity contribution in [3.8, 4) is 0 Å². The number of hydrogen-bond acceptors (Lipinski definition) is 3. The number of nitrogens with zero attached hydrogens (tertiary/aromatic N) is 3. The first kappa shape index (κ1) is 14.0. The molecule has 1 aliphatic rings. The maximum Gasteiger partial charge on any atom is 0.119 e. The van der Waals surface area contributed by atoms with Crippen LogP contribution in [0.25, 0.3) is 11.0 Å². The number of rotatable bonds is 4. The lowest BCUT2D eigenvalue weighted by Gasteiger charge is -2.26. The molecular formula is C16H23N3S. The van der Waals surface area contributed by atoms with Gasteiger partial charge in [-0.05, 0) is 50.6 Å². The highest BCUT2D eigenvalue weighted by Crippen LogP contribution is 2.19. The lowest BCUT2D eigenvalue weighted by Crippen LogP contribution is -2.32. The Labute approximate surface area is 126 Å². The van der Waals surface area contributed by atoms with Gasteiger partial charge in [-0.2, -0.15) is 12.6 Å². The molecule has 3 rings (SSSR count). The minimum Gasteiger partial charge on any atom is -0.326 e. The zero-order valence-electron chi connectivity index (χ0n) is 12.2. The van der Waals surface area contributed by atoms with Crippen molar-refractivity contribution in [2.24, 2.45) is 0 Å². The summed E-state index contributed by atoms with van der Waals surface area (Å²) in [6.07, 6.45) is 4.10. The maximum atomic E-state index is 4.72. The molecule has 0 unspecified atom stereocenters. The van der Waals surface area contributed by atoms with Crippen molar-refractivity contribution >= 4 is 23.7 Å². The van der Waals surface area contributed by atoms with Crippen LogP contribution < -0.4 is 0 Å². The second-order valence-electron chi connectivity index (χ2n) is 5.73. The number of likely N-dealkylation sites (tertiary alicyclic amines) is 1. The van der Waals surface area contributed by atoms with Crippen molar-refractivity contribution in [2.45, 2.75) is 38.5 Å². The van der Waals surface area contributed by atoms with E-state index in [1.807, 2.05) is 0 Å². The van der Waals surface area contributed by atoms with E-state index in [9.17, 15) is 0 Å². The molecule has 0 radical (unpaired) electrons. The molecule has 0 N–H and O–H groups in total. The molecule has 1 aromatic heterocycles. The average Bonchev–Trinajstić information content (AvgIpc) is 2.83. The third-order valence-electron chi connectivity index (χ3n) is 4.21. The van der Waals surface area contributed by atoms with E-state index in [-0.39, 0.29) is 0 Å². The van der Waals surface area contributed by atoms with E-state index in [2.05, 4.69) is 47.2 Å². The lowest BCUT2D eigenvalue weighted by molar-refractivity contribution is 0.221. The number of fused-ring (bicyclic) bond motifs is 1. The summed E-state index contributed by atoms with van der Waals surface area (Å²) in [6.45, 7) is 6.77. The molecule has 20 heavy (non-hydrogen) atoms. The quantitative estimate of drug-likeness (QED) is 0.872. The van der Waals surface area contributed by atoms with Gasteiger partial charge in [0.1, 0.15) is 5.82 Å². The van der Waals surface area contributed by atoms with Crippen LogP contribution in [-0.4, -0.2) is 34.1 Å². The number of imidazole rings is 1. The summed E-state index contributed by atoms with van der Waals surface area (Å²) in [5.74, 6) is 1.79. The van der Waals surface area contributed by atoms with E-state index < -0.39 is 0 Å². The largest absolute Gasteiger partial charge is 0.326 e. The van der Waals surface area contributed by atoms with E-state index in [4.69, 9.17) is 4.98 Å². The Bertz CT molecular complexity index is 585. The molecule has 0 atom stereocenters. The molecule has 1 aromatic carbocycles. The molecule has 0 aliphatic carbocycles. The van der Waals surface area contributed by atoms with Crippen molar-refractivity contribution in [1.29, 1.82) is 0 Å². The smallest absolute Gasteiger partial charge is 0.119 e. The SMILES string of the molecule is Cc1ccc2c(c1)nc(CS)n2CCN1CCCCC1. The normalized spacial score (nSPS) is 16.9. The fraction of sp³-hybridized carbons (Fsp3) is 0.562. The molecule has 2 aromatic rings. The molecule has 1 aliphatic heterocycles. The number of hydrogen-bond donors (Lipinski definition) is 1. The van der Waals surface area contributed by atoms with Gasteiger partial charge < -0.3 is 9.47 Å². The summed E-state index contributed by atoms with van der Waals surface area (Å²) in [4.78, 5) is 7.30. The lowest BCUT2D eigenvalue weighted by atomic mass is 10.1. The maximum absolute atomic E-state index is 4.72. The van der Waals surface area contributed by atoms with Crippen LogP contribution in [-0.2, 0) is 12.3 Å². The monoisotopic (exact) mass is 289 g/mol. The number of piperidine rings is 1. The van der Waals surface area contributed by atoms with Crippen LogP contribution in [0.1, 0.15) is 30.7 Å². The first-order valence-corrected chi connectivity index (χ1v) is 8.20. The van der Waals surface area contributed by atoms with Crippen molar-refractivity contribution in [3.63, 3.8) is 0 Å². The molecule has 2 heterocycles. The van der Waals surface area contributed by atoms with E-state index in [1.54, 1.807) is 0 Å². The van der Waals surface area contributed by atoms with Gasteiger partial charge in [0, 0.05) is 18.8 Å². The molecule has 0 amide bonds. The highest BCUT2D eigenvalue weighted by Gasteiger charge is 2.13. The Hall–Kier alpha value is -1.00. The summed E-state index contributed by atoms with van der Waals surface area (Å²) in [6, 6.07) is 6.53. The number of aryl methyl sites for hydroxylation is 1. The summed E-state index contributed by atoms with van der Waals surface area (Å²) in [5, 5.41) is 0. The van der Waals surface area contributed by atoms with Gasteiger partial charge in [0.2, 0.25) is 0 Å². The van der Waals surface area contributed by atoms with Gasteiger partial charge in [-0.1, -0.05) is 12.5 Å². The second-order valence-corrected chi connectivity index (χ2v) is 6.05. The number of aromatic nitrogens is 2. The van der Waals surface area contributed by atoms with E-state index >= 15 is 0 Å². The molecule has 0 saturated carbocycles. The second kappa shape index (κ2) is 6.19. The Morgan fingerprint density at radius 3 is 2.70 bits per heavy atom. The summed E-state index contributed by atoms with van der Waals surface area (Å²) >= 11 is 4.44. The zero-order valence-corrected chi connectivity index (χ0v) is 13.1. The molecule has 3 nitrogen and oxygen atoms in total. The Morgan fingerprint density at radius 1 is 1.15 bits per heavy atom. The van der Waals surface area contributed by atoms with Gasteiger partial charge in [-0.15, -0.1) is 0 Å². The Kier molecular flexibility index (Phi) is 4.32. The fourth-order valence-electron chi connectivity index (χ4n) is 3.08. The summed E-state index contributed by atoms with van der Waals surface area (Å²) < 4.78 is 2.34. The third kappa shape index (κ3) is 2.86. The minimum absolute atomic E-state index is 0.702. The van der Waals surface area contributed by atoms with Crippen molar-refractivity contribution in [2.75, 3.05) is 19.6 Å². The van der Waals surface area contributed by atoms with Gasteiger partial charge in [0.15, 0.2) is 0 Å². The highest BCUT2D eigenvalue weighted by atomic mass is 32.1. The molecule has 108 valence electrons. The molecular weight excluding hydrogens is 266 g/mol. The topological polar surface area (TPSA) is 21.1 Å². The predicted octanol–water partition coefficient (Wildman–Crippen LogP) is 3.26. The van der Waals surface area contributed by atoms with Crippen LogP contribution in [0.15, 0.2) is 18.2 Å². The van der Waals surface area contributed by atoms with Gasteiger partial charge in [-0.25, -0.2) is 4.98 Å². The van der Waals surface area contributed by atoms with Crippen LogP contribution in [0.4, 0.5) is 0 Å². The van der Waals surface area contributed by atoms with Gasteiger partial charge in [0.25, 0.3) is 0 Å². The molecule has 0 bridgehead atoms. The molecule has 1 fully saturated rings. The molecule has 4 heteroatoms. The Balaban J connectivity index is 1.81. The van der Waals surface area contributed by atoms with E-state index in [1.165, 1.54) is 43.4 Å². The average molecular weight is 289 g/mol. The molecule has 0 spiro atoms. The highest BCUT2D eigenvalue weighted by molar-refractivity contribution is 7.79. The van der Waals surface area contributed by atoms with Crippen molar-refractivity contribution in [3.05, 3.63) is 29.6 Å². The summed E-state index contributed by atoms with van der Waals surface area (Å²) in [7, 11) is 0. The van der Waals surface area contributed by atoms with Gasteiger partial charge >= 0.3 is 0 Å². The van der Waals surface area contributed by atoms with Crippen LogP contribution in [0.3, 0.4) is 0 Å². The van der Waals surface area contributed by atoms with Crippen molar-refractivity contribution in [1.82, 2.24) is 14.5 Å². The predicted molar refractivity (Wildman–Crippen MR) is 87.5 cm³/mol. The standard InChI is InChI=1S/C16H23N3S/c1-13-5-6-15-14(11-13)17-16(12-20)19(15)10-9-18-7-3-2-4-8-18/h5-6,11,20H,2-4,7-10,12H2,1H3. The van der Waals surface area contributed by atoms with E-state index in [0.29, 0.717) is 5.75 Å². The third-order valence-corrected chi connectivity index (χ3v) is 4.50. The van der Waals surface area contributed by atoms with Crippen LogP contribution in [0.5, 0.6) is 0 Å². The zero-order chi connectivity index (χ0) is 13.9. The number of thiol groups is 1. The van der Waals surface area contributed by atoms with Crippen molar-refractivity contribution < 1.29 is 0 Å². The first-order valence-electron chi connectivity index (χ1n) is 7.57. The van der Waals surface area contributed by atoms with Crippen LogP contribution in [0, 0.1) is 6.92 Å². The fourth-order valence-corrected chi connectivity index (χ4v) is 3.33. The van der Waals surface area contributed by atoms with Crippen LogP contribution in [0.2, 0.25) is 0 Å². The van der Waals surface area contributed by atoms with Crippen LogP contribution >= 0.6 is 12.6 Å². The van der Waals surface area contributed by atoms with Gasteiger partial charge in [0.05, 0.1) is 11.0 Å². The molecule has 1 saturated heterocycles. The van der Waals surface area contributed by atoms with E-state index in [0.717, 1.165) is 24.4 Å². The number of benzene rings is 1.